The summed E-state index contributed by atoms with van der Waals surface area (Å²) >= 11 is 5.80. The van der Waals surface area contributed by atoms with E-state index in [1.54, 1.807) is 12.1 Å². The summed E-state index contributed by atoms with van der Waals surface area (Å²) in [6, 6.07) is 4.80. The van der Waals surface area contributed by atoms with Crippen LogP contribution in [-0.2, 0) is 0 Å². The summed E-state index contributed by atoms with van der Waals surface area (Å²) in [7, 11) is 0. The fourth-order valence-electron chi connectivity index (χ4n) is 2.81. The molecule has 0 aliphatic heterocycles. The van der Waals surface area contributed by atoms with Crippen LogP contribution in [0, 0.1) is 5.82 Å². The van der Waals surface area contributed by atoms with Crippen LogP contribution in [0.2, 0.25) is 5.02 Å². The van der Waals surface area contributed by atoms with E-state index in [0.29, 0.717) is 6.54 Å². The molecule has 2 nitrogen and oxygen atoms in total. The van der Waals surface area contributed by atoms with Crippen LogP contribution >= 0.6 is 11.6 Å². The van der Waals surface area contributed by atoms with E-state index < -0.39 is 11.4 Å². The summed E-state index contributed by atoms with van der Waals surface area (Å²) in [6.45, 7) is 2.58. The maximum atomic E-state index is 13.2. The highest BCUT2D eigenvalue weighted by atomic mass is 35.5. The van der Waals surface area contributed by atoms with Crippen molar-refractivity contribution < 1.29 is 9.50 Å². The van der Waals surface area contributed by atoms with E-state index in [2.05, 4.69) is 5.32 Å². The van der Waals surface area contributed by atoms with Gasteiger partial charge in [-0.25, -0.2) is 4.39 Å². The Morgan fingerprint density at radius 2 is 1.95 bits per heavy atom. The summed E-state index contributed by atoms with van der Waals surface area (Å²) in [5, 5.41) is 14.1. The minimum Gasteiger partial charge on any atom is -0.389 e. The Labute approximate surface area is 125 Å². The molecule has 112 valence electrons. The molecule has 1 aromatic rings. The zero-order valence-corrected chi connectivity index (χ0v) is 12.7. The average Bonchev–Trinajstić information content (AvgIpc) is 2.65. The highest BCUT2D eigenvalue weighted by molar-refractivity contribution is 6.30. The van der Waals surface area contributed by atoms with Crippen molar-refractivity contribution in [2.45, 2.75) is 57.1 Å². The van der Waals surface area contributed by atoms with E-state index in [4.69, 9.17) is 11.6 Å². The second-order valence-corrected chi connectivity index (χ2v) is 6.32. The van der Waals surface area contributed by atoms with Crippen molar-refractivity contribution in [2.75, 3.05) is 6.54 Å². The first-order valence-electron chi connectivity index (χ1n) is 7.41. The lowest BCUT2D eigenvalue weighted by molar-refractivity contribution is 0.0231. The monoisotopic (exact) mass is 299 g/mol. The van der Waals surface area contributed by atoms with Gasteiger partial charge in [-0.1, -0.05) is 43.4 Å². The van der Waals surface area contributed by atoms with Gasteiger partial charge in [-0.15, -0.1) is 0 Å². The number of hydrogen-bond donors (Lipinski definition) is 2. The van der Waals surface area contributed by atoms with Gasteiger partial charge in [-0.3, -0.25) is 0 Å². The van der Waals surface area contributed by atoms with E-state index in [-0.39, 0.29) is 11.1 Å². The van der Waals surface area contributed by atoms with E-state index >= 15 is 0 Å². The molecule has 1 aliphatic rings. The van der Waals surface area contributed by atoms with Crippen LogP contribution in [0.5, 0.6) is 0 Å². The first-order chi connectivity index (χ1) is 9.50. The molecule has 0 spiro atoms. The number of benzene rings is 1. The summed E-state index contributed by atoms with van der Waals surface area (Å²) < 4.78 is 13.2. The summed E-state index contributed by atoms with van der Waals surface area (Å²) in [5.74, 6) is -0.398. The SMILES string of the molecule is CC(NCC1(O)CCCCCC1)c1ccc(F)c(Cl)c1. The summed E-state index contributed by atoms with van der Waals surface area (Å²) in [4.78, 5) is 0. The second-order valence-electron chi connectivity index (χ2n) is 5.91. The minimum absolute atomic E-state index is 0.0420. The fraction of sp³-hybridized carbons (Fsp3) is 0.625. The zero-order valence-electron chi connectivity index (χ0n) is 12.0. The van der Waals surface area contributed by atoms with Gasteiger partial charge in [-0.05, 0) is 37.5 Å². The molecule has 1 aromatic carbocycles. The van der Waals surface area contributed by atoms with Gasteiger partial charge in [0.05, 0.1) is 10.6 Å². The highest BCUT2D eigenvalue weighted by Crippen LogP contribution is 2.27. The molecule has 1 unspecified atom stereocenters. The van der Waals surface area contributed by atoms with Crippen molar-refractivity contribution in [3.8, 4) is 0 Å². The van der Waals surface area contributed by atoms with Crippen LogP contribution in [0.15, 0.2) is 18.2 Å². The van der Waals surface area contributed by atoms with Gasteiger partial charge in [0.25, 0.3) is 0 Å². The predicted molar refractivity (Wildman–Crippen MR) is 80.5 cm³/mol. The van der Waals surface area contributed by atoms with Crippen molar-refractivity contribution in [3.05, 3.63) is 34.6 Å². The second kappa shape index (κ2) is 6.88. The van der Waals surface area contributed by atoms with E-state index in [0.717, 1.165) is 31.2 Å². The molecule has 0 radical (unpaired) electrons. The van der Waals surface area contributed by atoms with Gasteiger partial charge in [0.15, 0.2) is 0 Å². The number of hydrogen-bond acceptors (Lipinski definition) is 2. The molecule has 0 saturated heterocycles. The Hall–Kier alpha value is -0.640. The van der Waals surface area contributed by atoms with E-state index in [1.807, 2.05) is 6.92 Å². The topological polar surface area (TPSA) is 32.3 Å². The molecule has 4 heteroatoms. The molecule has 0 aromatic heterocycles. The smallest absolute Gasteiger partial charge is 0.141 e. The number of rotatable bonds is 4. The lowest BCUT2D eigenvalue weighted by Crippen LogP contribution is -2.41. The third-order valence-electron chi connectivity index (χ3n) is 4.22. The Bertz CT molecular complexity index is 444. The third-order valence-corrected chi connectivity index (χ3v) is 4.50. The van der Waals surface area contributed by atoms with E-state index in [1.165, 1.54) is 18.9 Å². The van der Waals surface area contributed by atoms with Crippen LogP contribution in [0.1, 0.15) is 57.1 Å². The van der Waals surface area contributed by atoms with Crippen molar-refractivity contribution in [2.24, 2.45) is 0 Å². The molecule has 0 amide bonds. The highest BCUT2D eigenvalue weighted by Gasteiger charge is 2.28. The molecule has 1 aliphatic carbocycles. The fourth-order valence-corrected chi connectivity index (χ4v) is 3.00. The number of halogens is 2. The van der Waals surface area contributed by atoms with Gasteiger partial charge in [0, 0.05) is 12.6 Å². The van der Waals surface area contributed by atoms with Crippen molar-refractivity contribution >= 4 is 11.6 Å². The largest absolute Gasteiger partial charge is 0.389 e. The van der Waals surface area contributed by atoms with Crippen LogP contribution in [0.4, 0.5) is 4.39 Å². The molecule has 2 N–H and O–H groups in total. The lowest BCUT2D eigenvalue weighted by atomic mass is 9.94. The van der Waals surface area contributed by atoms with Gasteiger partial charge in [0.2, 0.25) is 0 Å². The first-order valence-corrected chi connectivity index (χ1v) is 7.79. The quantitative estimate of drug-likeness (QED) is 0.816. The van der Waals surface area contributed by atoms with Crippen molar-refractivity contribution in [1.29, 1.82) is 0 Å². The van der Waals surface area contributed by atoms with Crippen LogP contribution in [0.3, 0.4) is 0 Å². The Balaban J connectivity index is 1.93. The zero-order chi connectivity index (χ0) is 14.6. The van der Waals surface area contributed by atoms with Crippen molar-refractivity contribution in [3.63, 3.8) is 0 Å². The molecule has 1 saturated carbocycles. The molecule has 0 bridgehead atoms. The molecular weight excluding hydrogens is 277 g/mol. The van der Waals surface area contributed by atoms with Crippen LogP contribution in [0.25, 0.3) is 0 Å². The molecule has 0 heterocycles. The average molecular weight is 300 g/mol. The normalized spacial score (nSPS) is 20.4. The molecule has 1 atom stereocenters. The molecule has 2 rings (SSSR count). The Morgan fingerprint density at radius 1 is 1.30 bits per heavy atom. The van der Waals surface area contributed by atoms with E-state index in [9.17, 15) is 9.50 Å². The van der Waals surface area contributed by atoms with Crippen LogP contribution < -0.4 is 5.32 Å². The standard InChI is InChI=1S/C16H23ClFNO/c1-12(13-6-7-15(18)14(17)10-13)19-11-16(20)8-4-2-3-5-9-16/h6-7,10,12,19-20H,2-5,8-9,11H2,1H3. The van der Waals surface area contributed by atoms with Crippen LogP contribution in [-0.4, -0.2) is 17.3 Å². The summed E-state index contributed by atoms with van der Waals surface area (Å²) in [5.41, 5.74) is 0.336. The molecular formula is C16H23ClFNO. The molecule has 1 fully saturated rings. The first kappa shape index (κ1) is 15.7. The predicted octanol–water partition coefficient (Wildman–Crippen LogP) is 4.22. The van der Waals surface area contributed by atoms with Gasteiger partial charge >= 0.3 is 0 Å². The lowest BCUT2D eigenvalue weighted by Gasteiger charge is -2.29. The number of nitrogens with one attached hydrogen (secondary N) is 1. The Morgan fingerprint density at radius 3 is 2.55 bits per heavy atom. The number of aliphatic hydroxyl groups is 1. The summed E-state index contributed by atoms with van der Waals surface area (Å²) in [6.07, 6.45) is 6.33. The maximum Gasteiger partial charge on any atom is 0.141 e. The van der Waals surface area contributed by atoms with Gasteiger partial charge in [0.1, 0.15) is 5.82 Å². The van der Waals surface area contributed by atoms with Gasteiger partial charge < -0.3 is 10.4 Å². The maximum absolute atomic E-state index is 13.2. The van der Waals surface area contributed by atoms with Crippen molar-refractivity contribution in [1.82, 2.24) is 5.32 Å². The van der Waals surface area contributed by atoms with Gasteiger partial charge in [-0.2, -0.15) is 0 Å². The molecule has 20 heavy (non-hydrogen) atoms. The minimum atomic E-state index is -0.603. The third kappa shape index (κ3) is 4.18. The Kier molecular flexibility index (Phi) is 5.42.